The largest absolute Gasteiger partial charge is 0.458 e. The quantitative estimate of drug-likeness (QED) is 0.165. The van der Waals surface area contributed by atoms with Gasteiger partial charge in [0.2, 0.25) is 0 Å². The minimum atomic E-state index is -0.151. The molecule has 10 aromatic rings. The Kier molecular flexibility index (Phi) is 8.87. The Balaban J connectivity index is 1.22. The molecule has 2 aliphatic rings. The highest BCUT2D eigenvalue weighted by Gasteiger charge is 2.43. The minimum Gasteiger partial charge on any atom is -0.458 e. The van der Waals surface area contributed by atoms with E-state index in [2.05, 4.69) is 230 Å². The van der Waals surface area contributed by atoms with Crippen LogP contribution in [-0.2, 0) is 16.2 Å². The van der Waals surface area contributed by atoms with Gasteiger partial charge in [0.05, 0.1) is 22.4 Å². The summed E-state index contributed by atoms with van der Waals surface area (Å²) in [6.45, 7) is 20.6. The van der Waals surface area contributed by atoms with Crippen LogP contribution in [0.3, 0.4) is 0 Å². The zero-order valence-electron chi connectivity index (χ0n) is 39.2. The summed E-state index contributed by atoms with van der Waals surface area (Å²) in [7, 11) is 0. The predicted molar refractivity (Wildman–Crippen MR) is 282 cm³/mol. The molecule has 12 rings (SSSR count). The smallest absolute Gasteiger partial charge is 0.260 e. The molecule has 8 aromatic carbocycles. The van der Waals surface area contributed by atoms with Crippen molar-refractivity contribution in [3.05, 3.63) is 174 Å². The minimum absolute atomic E-state index is 0.0229. The van der Waals surface area contributed by atoms with Gasteiger partial charge in [-0.1, -0.05) is 141 Å². The Morgan fingerprint density at radius 1 is 0.455 bits per heavy atom. The van der Waals surface area contributed by atoms with E-state index in [-0.39, 0.29) is 23.0 Å². The average molecular weight is 877 g/mol. The molecular formula is C60H53BN2O2S. The van der Waals surface area contributed by atoms with Gasteiger partial charge in [-0.05, 0) is 111 Å². The van der Waals surface area contributed by atoms with Crippen molar-refractivity contribution in [3.8, 4) is 28.7 Å². The van der Waals surface area contributed by atoms with Crippen molar-refractivity contribution in [2.45, 2.75) is 78.6 Å². The first kappa shape index (κ1) is 40.7. The molecule has 0 fully saturated rings. The molecule has 0 saturated carbocycles. The summed E-state index contributed by atoms with van der Waals surface area (Å²) >= 11 is 1.87. The van der Waals surface area contributed by atoms with Gasteiger partial charge in [-0.25, -0.2) is 0 Å². The SMILES string of the molecule is CC(C)(C)c1ccc2c(c1)B1c3cc4sc5ccccc5c4c(-n4c5ccc(C(C)(C)C)cc5c5cc(C(C)(C)C)ccc54)c3Oc3cc(N(c4ccccc4)c4ccccc4)cc(c31)O2. The average Bonchev–Trinajstić information content (AvgIpc) is 3.83. The summed E-state index contributed by atoms with van der Waals surface area (Å²) < 4.78 is 19.8. The summed E-state index contributed by atoms with van der Waals surface area (Å²) in [5, 5.41) is 4.94. The van der Waals surface area contributed by atoms with Crippen LogP contribution in [0.15, 0.2) is 158 Å². The van der Waals surface area contributed by atoms with E-state index < -0.39 is 0 Å². The molecule has 2 aromatic heterocycles. The zero-order chi connectivity index (χ0) is 45.4. The van der Waals surface area contributed by atoms with Gasteiger partial charge in [-0.15, -0.1) is 11.3 Å². The summed E-state index contributed by atoms with van der Waals surface area (Å²) in [5.74, 6) is 3.37. The van der Waals surface area contributed by atoms with Crippen molar-refractivity contribution in [2.75, 3.05) is 4.90 Å². The molecule has 0 bridgehead atoms. The molecule has 0 amide bonds. The highest BCUT2D eigenvalue weighted by Crippen LogP contribution is 2.50. The van der Waals surface area contributed by atoms with Crippen LogP contribution < -0.4 is 30.8 Å². The molecule has 0 unspecified atom stereocenters. The highest BCUT2D eigenvalue weighted by atomic mass is 32.1. The molecule has 2 aliphatic heterocycles. The van der Waals surface area contributed by atoms with E-state index in [1.807, 2.05) is 11.3 Å². The van der Waals surface area contributed by atoms with E-state index in [4.69, 9.17) is 9.47 Å². The number of hydrogen-bond donors (Lipinski definition) is 0. The van der Waals surface area contributed by atoms with Gasteiger partial charge >= 0.3 is 0 Å². The number of anilines is 3. The second-order valence-corrected chi connectivity index (χ2v) is 22.5. The van der Waals surface area contributed by atoms with Gasteiger partial charge in [0.25, 0.3) is 6.71 Å². The van der Waals surface area contributed by atoms with E-state index in [0.717, 1.165) is 62.1 Å². The third-order valence-corrected chi connectivity index (χ3v) is 15.1. The highest BCUT2D eigenvalue weighted by molar-refractivity contribution is 7.26. The lowest BCUT2D eigenvalue weighted by atomic mass is 9.34. The number of hydrogen-bond acceptors (Lipinski definition) is 4. The molecule has 4 heterocycles. The number of fused-ring (bicyclic) bond motifs is 10. The summed E-state index contributed by atoms with van der Waals surface area (Å²) in [6.07, 6.45) is 0. The molecule has 0 N–H and O–H groups in total. The van der Waals surface area contributed by atoms with E-state index >= 15 is 0 Å². The fourth-order valence-corrected chi connectivity index (χ4v) is 11.6. The van der Waals surface area contributed by atoms with Crippen molar-refractivity contribution in [1.29, 1.82) is 0 Å². The molecule has 0 atom stereocenters. The standard InChI is InChI=1S/C60H53BN2O2S/c1-58(2,3)36-24-27-47-43(30-36)44-31-37(59(4,5)6)25-28-48(44)63(47)56-54-42-22-16-17-23-52(42)66-53(54)35-46-57(56)65-51-34-41(62(39-18-12-10-13-19-39)40-20-14-11-15-21-40)33-50-55(51)61(46)45-32-38(60(7,8)9)26-29-49(45)64-50/h10-35H,1-9H3. The lowest BCUT2D eigenvalue weighted by Gasteiger charge is -2.36. The van der Waals surface area contributed by atoms with Crippen LogP contribution in [0, 0.1) is 0 Å². The second kappa shape index (κ2) is 14.4. The molecule has 324 valence electrons. The molecule has 0 radical (unpaired) electrons. The first-order valence-corrected chi connectivity index (χ1v) is 24.1. The number of ether oxygens (including phenoxy) is 2. The molecule has 0 saturated heterocycles. The van der Waals surface area contributed by atoms with Crippen molar-refractivity contribution < 1.29 is 9.47 Å². The predicted octanol–water partition coefficient (Wildman–Crippen LogP) is 15.2. The zero-order valence-corrected chi connectivity index (χ0v) is 40.0. The monoisotopic (exact) mass is 876 g/mol. The van der Waals surface area contributed by atoms with Gasteiger partial charge in [-0.2, -0.15) is 0 Å². The number of benzene rings is 8. The van der Waals surface area contributed by atoms with E-state index in [0.29, 0.717) is 0 Å². The van der Waals surface area contributed by atoms with Crippen molar-refractivity contribution in [1.82, 2.24) is 4.57 Å². The third-order valence-electron chi connectivity index (χ3n) is 13.9. The van der Waals surface area contributed by atoms with Crippen LogP contribution in [0.5, 0.6) is 23.0 Å². The van der Waals surface area contributed by atoms with Crippen LogP contribution >= 0.6 is 11.3 Å². The van der Waals surface area contributed by atoms with Crippen LogP contribution in [0.2, 0.25) is 0 Å². The number of para-hydroxylation sites is 2. The molecule has 4 nitrogen and oxygen atoms in total. The Morgan fingerprint density at radius 3 is 1.58 bits per heavy atom. The van der Waals surface area contributed by atoms with Crippen molar-refractivity contribution in [2.24, 2.45) is 0 Å². The fourth-order valence-electron chi connectivity index (χ4n) is 10.4. The first-order valence-electron chi connectivity index (χ1n) is 23.3. The molecule has 66 heavy (non-hydrogen) atoms. The maximum Gasteiger partial charge on any atom is 0.260 e. The number of aromatic nitrogens is 1. The van der Waals surface area contributed by atoms with E-state index in [9.17, 15) is 0 Å². The summed E-state index contributed by atoms with van der Waals surface area (Å²) in [4.78, 5) is 2.30. The fraction of sp³-hybridized carbons (Fsp3) is 0.200. The Bertz CT molecular complexity index is 3490. The topological polar surface area (TPSA) is 26.6 Å². The molecular weight excluding hydrogens is 824 g/mol. The molecule has 0 aliphatic carbocycles. The van der Waals surface area contributed by atoms with Crippen LogP contribution in [-0.4, -0.2) is 11.3 Å². The Labute approximate surface area is 392 Å². The summed E-state index contributed by atoms with van der Waals surface area (Å²) in [6, 6.07) is 58.1. The van der Waals surface area contributed by atoms with Crippen LogP contribution in [0.4, 0.5) is 17.1 Å². The van der Waals surface area contributed by atoms with Crippen molar-refractivity contribution >= 4 is 93.5 Å². The van der Waals surface area contributed by atoms with E-state index in [1.165, 1.54) is 58.7 Å². The van der Waals surface area contributed by atoms with Gasteiger partial charge in [0.15, 0.2) is 0 Å². The number of rotatable bonds is 4. The lowest BCUT2D eigenvalue weighted by molar-refractivity contribution is 0.464. The van der Waals surface area contributed by atoms with E-state index in [1.54, 1.807) is 0 Å². The first-order chi connectivity index (χ1) is 31.6. The lowest BCUT2D eigenvalue weighted by Crippen LogP contribution is -2.57. The summed E-state index contributed by atoms with van der Waals surface area (Å²) in [5.41, 5.74) is 13.6. The third kappa shape index (κ3) is 6.32. The second-order valence-electron chi connectivity index (χ2n) is 21.4. The Hall–Kier alpha value is -6.76. The maximum absolute atomic E-state index is 7.71. The van der Waals surface area contributed by atoms with Crippen LogP contribution in [0.1, 0.15) is 79.0 Å². The van der Waals surface area contributed by atoms with Gasteiger partial charge in [-0.3, -0.25) is 0 Å². The normalized spacial score (nSPS) is 13.4. The number of nitrogens with zero attached hydrogens (tertiary/aromatic N) is 2. The van der Waals surface area contributed by atoms with Gasteiger partial charge in [0, 0.05) is 59.9 Å². The van der Waals surface area contributed by atoms with Gasteiger partial charge < -0.3 is 18.9 Å². The molecule has 6 heteroatoms. The van der Waals surface area contributed by atoms with Crippen molar-refractivity contribution in [3.63, 3.8) is 0 Å². The van der Waals surface area contributed by atoms with Gasteiger partial charge in [0.1, 0.15) is 23.0 Å². The molecule has 0 spiro atoms. The van der Waals surface area contributed by atoms with Crippen LogP contribution in [0.25, 0.3) is 47.7 Å². The number of thiophene rings is 1. The maximum atomic E-state index is 7.71. The Morgan fingerprint density at radius 2 is 0.985 bits per heavy atom.